The Bertz CT molecular complexity index is 807. The van der Waals surface area contributed by atoms with Crippen LogP contribution in [0.4, 0.5) is 0 Å². The van der Waals surface area contributed by atoms with Crippen LogP contribution in [0.15, 0.2) is 36.4 Å². The molecule has 25 heavy (non-hydrogen) atoms. The summed E-state index contributed by atoms with van der Waals surface area (Å²) in [6.07, 6.45) is 5.91. The zero-order valence-electron chi connectivity index (χ0n) is 14.0. The average Bonchev–Trinajstić information content (AvgIpc) is 3.36. The third-order valence-corrected chi connectivity index (χ3v) is 5.54. The molecule has 1 saturated heterocycles. The van der Waals surface area contributed by atoms with Crippen LogP contribution >= 0.6 is 0 Å². The van der Waals surface area contributed by atoms with Crippen molar-refractivity contribution in [3.8, 4) is 5.69 Å². The third-order valence-electron chi connectivity index (χ3n) is 5.54. The Kier molecular flexibility index (Phi) is 3.82. The van der Waals surface area contributed by atoms with Gasteiger partial charge >= 0.3 is 5.97 Å². The number of carbonyl (C=O) groups is 2. The number of hydrogen-bond donors (Lipinski definition) is 1. The summed E-state index contributed by atoms with van der Waals surface area (Å²) in [6, 6.07) is 10.6. The molecule has 2 aromatic rings. The predicted molar refractivity (Wildman–Crippen MR) is 91.9 cm³/mol. The number of likely N-dealkylation sites (tertiary alicyclic amines) is 1. The van der Waals surface area contributed by atoms with E-state index in [4.69, 9.17) is 0 Å². The van der Waals surface area contributed by atoms with Crippen LogP contribution in [-0.2, 0) is 0 Å². The van der Waals surface area contributed by atoms with Crippen molar-refractivity contribution < 1.29 is 14.7 Å². The number of rotatable bonds is 3. The minimum absolute atomic E-state index is 0.109. The number of benzene rings is 1. The number of aromatic carboxylic acids is 1. The van der Waals surface area contributed by atoms with Crippen molar-refractivity contribution in [3.63, 3.8) is 0 Å². The van der Waals surface area contributed by atoms with Crippen LogP contribution in [0, 0.1) is 5.41 Å². The maximum atomic E-state index is 13.1. The van der Waals surface area contributed by atoms with Gasteiger partial charge in [-0.3, -0.25) is 4.79 Å². The first-order valence-corrected chi connectivity index (χ1v) is 8.76. The Morgan fingerprint density at radius 3 is 2.48 bits per heavy atom. The molecule has 2 fully saturated rings. The molecule has 1 aromatic heterocycles. The van der Waals surface area contributed by atoms with E-state index in [9.17, 15) is 14.7 Å². The van der Waals surface area contributed by atoms with E-state index in [1.165, 1.54) is 36.4 Å². The summed E-state index contributed by atoms with van der Waals surface area (Å²) in [7, 11) is 0. The van der Waals surface area contributed by atoms with Crippen LogP contribution in [0.3, 0.4) is 0 Å². The van der Waals surface area contributed by atoms with Crippen LogP contribution in [0.1, 0.15) is 53.1 Å². The maximum Gasteiger partial charge on any atom is 0.356 e. The van der Waals surface area contributed by atoms with Gasteiger partial charge in [-0.05, 0) is 36.8 Å². The van der Waals surface area contributed by atoms with Gasteiger partial charge in [0.15, 0.2) is 5.69 Å². The van der Waals surface area contributed by atoms with Crippen molar-refractivity contribution >= 4 is 11.9 Å². The molecule has 1 aromatic carbocycles. The Hall–Kier alpha value is -2.63. The highest BCUT2D eigenvalue weighted by Gasteiger charge is 2.42. The molecule has 1 amide bonds. The molecule has 2 heterocycles. The molecule has 1 aliphatic carbocycles. The lowest BCUT2D eigenvalue weighted by molar-refractivity contribution is 0.0689. The van der Waals surface area contributed by atoms with Gasteiger partial charge in [0.25, 0.3) is 5.91 Å². The molecule has 0 atom stereocenters. The van der Waals surface area contributed by atoms with Gasteiger partial charge in [-0.1, -0.05) is 31.0 Å². The Balaban J connectivity index is 1.67. The number of carbonyl (C=O) groups excluding carboxylic acids is 1. The summed E-state index contributed by atoms with van der Waals surface area (Å²) in [5.74, 6) is -1.26. The highest BCUT2D eigenvalue weighted by atomic mass is 16.4. The number of hydrogen-bond acceptors (Lipinski definition) is 3. The van der Waals surface area contributed by atoms with Crippen molar-refractivity contribution in [2.24, 2.45) is 5.41 Å². The average molecular weight is 339 g/mol. The molecular weight excluding hydrogens is 318 g/mol. The fourth-order valence-electron chi connectivity index (χ4n) is 4.21. The molecule has 0 bridgehead atoms. The first-order valence-electron chi connectivity index (χ1n) is 8.76. The molecule has 4 rings (SSSR count). The van der Waals surface area contributed by atoms with Crippen LogP contribution in [0.2, 0.25) is 0 Å². The van der Waals surface area contributed by atoms with Crippen LogP contribution < -0.4 is 0 Å². The first kappa shape index (κ1) is 15.9. The molecule has 6 heteroatoms. The lowest BCUT2D eigenvalue weighted by atomic mass is 9.86. The van der Waals surface area contributed by atoms with Gasteiger partial charge in [-0.25, -0.2) is 9.48 Å². The number of carboxylic acid groups (broad SMARTS) is 1. The van der Waals surface area contributed by atoms with Crippen molar-refractivity contribution in [1.82, 2.24) is 14.7 Å². The van der Waals surface area contributed by atoms with Crippen LogP contribution in [0.25, 0.3) is 5.69 Å². The van der Waals surface area contributed by atoms with E-state index in [0.717, 1.165) is 19.5 Å². The van der Waals surface area contributed by atoms with Gasteiger partial charge in [0, 0.05) is 19.2 Å². The van der Waals surface area contributed by atoms with Gasteiger partial charge in [-0.15, -0.1) is 0 Å². The molecule has 1 saturated carbocycles. The Morgan fingerprint density at radius 1 is 1.08 bits per heavy atom. The van der Waals surface area contributed by atoms with Gasteiger partial charge < -0.3 is 10.0 Å². The van der Waals surface area contributed by atoms with Crippen molar-refractivity contribution in [2.45, 2.75) is 32.1 Å². The highest BCUT2D eigenvalue weighted by Crippen LogP contribution is 2.45. The lowest BCUT2D eigenvalue weighted by Crippen LogP contribution is -2.32. The third kappa shape index (κ3) is 2.81. The Morgan fingerprint density at radius 2 is 1.80 bits per heavy atom. The van der Waals surface area contributed by atoms with E-state index in [1.54, 1.807) is 0 Å². The molecule has 130 valence electrons. The summed E-state index contributed by atoms with van der Waals surface area (Å²) in [5.41, 5.74) is 1.18. The van der Waals surface area contributed by atoms with Crippen molar-refractivity contribution in [1.29, 1.82) is 0 Å². The molecule has 0 unspecified atom stereocenters. The van der Waals surface area contributed by atoms with E-state index in [0.29, 0.717) is 11.4 Å². The number of para-hydroxylation sites is 1. The molecule has 1 aliphatic heterocycles. The minimum Gasteiger partial charge on any atom is -0.476 e. The molecule has 0 radical (unpaired) electrons. The monoisotopic (exact) mass is 339 g/mol. The largest absolute Gasteiger partial charge is 0.476 e. The SMILES string of the molecule is O=C(O)c1cc(C(=O)N2CCC3(CCCC3)C2)n(-c2ccccc2)n1. The molecule has 6 nitrogen and oxygen atoms in total. The zero-order chi connectivity index (χ0) is 17.4. The number of aromatic nitrogens is 2. The van der Waals surface area contributed by atoms with Crippen molar-refractivity contribution in [2.75, 3.05) is 13.1 Å². The summed E-state index contributed by atoms with van der Waals surface area (Å²) in [5, 5.41) is 13.4. The standard InChI is InChI=1S/C19H21N3O3/c23-17(21-11-10-19(13-21)8-4-5-9-19)16-12-15(18(24)25)20-22(16)14-6-2-1-3-7-14/h1-3,6-7,12H,4-5,8-11,13H2,(H,24,25). The minimum atomic E-state index is -1.13. The fourth-order valence-corrected chi connectivity index (χ4v) is 4.21. The van der Waals surface area contributed by atoms with E-state index in [-0.39, 0.29) is 17.0 Å². The summed E-state index contributed by atoms with van der Waals surface area (Å²) >= 11 is 0. The quantitative estimate of drug-likeness (QED) is 0.933. The van der Waals surface area contributed by atoms with Gasteiger partial charge in [0.2, 0.25) is 0 Å². The maximum absolute atomic E-state index is 13.1. The Labute approximate surface area is 146 Å². The van der Waals surface area contributed by atoms with Crippen LogP contribution in [-0.4, -0.2) is 44.8 Å². The van der Waals surface area contributed by atoms with E-state index in [1.807, 2.05) is 35.2 Å². The smallest absolute Gasteiger partial charge is 0.356 e. The number of nitrogens with zero attached hydrogens (tertiary/aromatic N) is 3. The van der Waals surface area contributed by atoms with E-state index >= 15 is 0 Å². The normalized spacial score (nSPS) is 18.8. The van der Waals surface area contributed by atoms with E-state index in [2.05, 4.69) is 5.10 Å². The van der Waals surface area contributed by atoms with Gasteiger partial charge in [-0.2, -0.15) is 5.10 Å². The lowest BCUT2D eigenvalue weighted by Gasteiger charge is -2.23. The molecule has 2 aliphatic rings. The topological polar surface area (TPSA) is 75.4 Å². The van der Waals surface area contributed by atoms with Gasteiger partial charge in [0.05, 0.1) is 5.69 Å². The molecule has 1 N–H and O–H groups in total. The summed E-state index contributed by atoms with van der Waals surface area (Å²) < 4.78 is 1.45. The van der Waals surface area contributed by atoms with Crippen LogP contribution in [0.5, 0.6) is 0 Å². The van der Waals surface area contributed by atoms with E-state index < -0.39 is 5.97 Å². The first-order chi connectivity index (χ1) is 12.1. The second-order valence-electron chi connectivity index (χ2n) is 7.15. The second-order valence-corrected chi connectivity index (χ2v) is 7.15. The fraction of sp³-hybridized carbons (Fsp3) is 0.421. The number of carboxylic acids is 1. The molecular formula is C19H21N3O3. The summed E-state index contributed by atoms with van der Waals surface area (Å²) in [4.78, 5) is 26.3. The number of amides is 1. The van der Waals surface area contributed by atoms with Gasteiger partial charge in [0.1, 0.15) is 5.69 Å². The second kappa shape index (κ2) is 6.02. The molecule has 1 spiro atoms. The zero-order valence-corrected chi connectivity index (χ0v) is 14.0. The summed E-state index contributed by atoms with van der Waals surface area (Å²) in [6.45, 7) is 1.51. The van der Waals surface area contributed by atoms with Crippen molar-refractivity contribution in [3.05, 3.63) is 47.8 Å². The highest BCUT2D eigenvalue weighted by molar-refractivity contribution is 5.96. The predicted octanol–water partition coefficient (Wildman–Crippen LogP) is 2.98.